The first-order valence-corrected chi connectivity index (χ1v) is 7.03. The van der Waals surface area contributed by atoms with Gasteiger partial charge >= 0.3 is 5.97 Å². The molecule has 4 heteroatoms. The fourth-order valence-corrected chi connectivity index (χ4v) is 2.47. The van der Waals surface area contributed by atoms with Gasteiger partial charge in [0.2, 0.25) is 0 Å². The number of nitrogens with zero attached hydrogens (tertiary/aromatic N) is 1. The Kier molecular flexibility index (Phi) is 4.81. The largest absolute Gasteiger partial charge is 0.496 e. The Hall–Kier alpha value is -2.07. The predicted molar refractivity (Wildman–Crippen MR) is 83.7 cm³/mol. The second kappa shape index (κ2) is 6.59. The highest BCUT2D eigenvalue weighted by Crippen LogP contribution is 2.29. The molecule has 4 nitrogen and oxygen atoms in total. The number of carbonyl (C=O) groups is 1. The molecule has 2 aromatic rings. The molecule has 1 N–H and O–H groups in total. The number of carboxylic acid groups (broad SMARTS) is 1. The van der Waals surface area contributed by atoms with Gasteiger partial charge in [0, 0.05) is 18.2 Å². The van der Waals surface area contributed by atoms with Crippen LogP contribution in [0.2, 0.25) is 0 Å². The lowest BCUT2D eigenvalue weighted by Crippen LogP contribution is -2.35. The minimum Gasteiger partial charge on any atom is -0.496 e. The third kappa shape index (κ3) is 3.52. The molecule has 0 heterocycles. The molecular weight excluding hydrogens is 266 g/mol. The van der Waals surface area contributed by atoms with Crippen LogP contribution in [0.25, 0.3) is 10.8 Å². The Labute approximate surface area is 124 Å². The maximum absolute atomic E-state index is 11.0. The third-order valence-electron chi connectivity index (χ3n) is 3.65. The average molecular weight is 287 g/mol. The number of carboxylic acids is 1. The molecule has 0 radical (unpaired) electrons. The first-order valence-electron chi connectivity index (χ1n) is 7.03. The van der Waals surface area contributed by atoms with Gasteiger partial charge in [-0.25, -0.2) is 0 Å². The van der Waals surface area contributed by atoms with Crippen molar-refractivity contribution < 1.29 is 14.6 Å². The van der Waals surface area contributed by atoms with Gasteiger partial charge in [-0.3, -0.25) is 9.69 Å². The number of aliphatic carboxylic acids is 1. The van der Waals surface area contributed by atoms with E-state index in [1.54, 1.807) is 7.11 Å². The number of methoxy groups -OCH3 is 1. The summed E-state index contributed by atoms with van der Waals surface area (Å²) in [6, 6.07) is 12.2. The van der Waals surface area contributed by atoms with Crippen molar-refractivity contribution in [2.45, 2.75) is 26.4 Å². The summed E-state index contributed by atoms with van der Waals surface area (Å²) in [5, 5.41) is 11.3. The quantitative estimate of drug-likeness (QED) is 0.886. The molecule has 112 valence electrons. The Bertz CT molecular complexity index is 637. The molecule has 0 aliphatic carbocycles. The predicted octanol–water partition coefficient (Wildman–Crippen LogP) is 3.14. The number of rotatable bonds is 6. The molecule has 0 saturated heterocycles. The van der Waals surface area contributed by atoms with Crippen LogP contribution in [0.4, 0.5) is 0 Å². The Morgan fingerprint density at radius 1 is 1.24 bits per heavy atom. The normalized spacial score (nSPS) is 11.3. The maximum Gasteiger partial charge on any atom is 0.317 e. The van der Waals surface area contributed by atoms with Crippen LogP contribution in [0.1, 0.15) is 19.4 Å². The van der Waals surface area contributed by atoms with Gasteiger partial charge in [0.15, 0.2) is 0 Å². The zero-order chi connectivity index (χ0) is 15.4. The average Bonchev–Trinajstić information content (AvgIpc) is 2.46. The van der Waals surface area contributed by atoms with Crippen LogP contribution < -0.4 is 4.74 Å². The van der Waals surface area contributed by atoms with E-state index in [2.05, 4.69) is 6.07 Å². The highest BCUT2D eigenvalue weighted by molar-refractivity contribution is 5.87. The molecule has 21 heavy (non-hydrogen) atoms. The van der Waals surface area contributed by atoms with Crippen molar-refractivity contribution in [2.75, 3.05) is 13.7 Å². The molecule has 0 unspecified atom stereocenters. The highest BCUT2D eigenvalue weighted by Gasteiger charge is 2.17. The maximum atomic E-state index is 11.0. The molecule has 0 bridgehead atoms. The molecule has 0 aliphatic heterocycles. The first-order chi connectivity index (χ1) is 10.0. The van der Waals surface area contributed by atoms with E-state index in [-0.39, 0.29) is 12.6 Å². The molecule has 0 spiro atoms. The van der Waals surface area contributed by atoms with Crippen LogP contribution in [0.3, 0.4) is 0 Å². The van der Waals surface area contributed by atoms with Crippen molar-refractivity contribution >= 4 is 16.7 Å². The SMILES string of the molecule is COc1ccc2ccccc2c1CN(CC(=O)O)C(C)C. The number of ether oxygens (including phenoxy) is 1. The second-order valence-corrected chi connectivity index (χ2v) is 5.36. The monoisotopic (exact) mass is 287 g/mol. The summed E-state index contributed by atoms with van der Waals surface area (Å²) < 4.78 is 5.46. The van der Waals surface area contributed by atoms with Crippen LogP contribution in [0.15, 0.2) is 36.4 Å². The van der Waals surface area contributed by atoms with E-state index in [4.69, 9.17) is 9.84 Å². The lowest BCUT2D eigenvalue weighted by atomic mass is 10.0. The molecule has 2 rings (SSSR count). The smallest absolute Gasteiger partial charge is 0.317 e. The third-order valence-corrected chi connectivity index (χ3v) is 3.65. The first kappa shape index (κ1) is 15.3. The van der Waals surface area contributed by atoms with Gasteiger partial charge < -0.3 is 9.84 Å². The van der Waals surface area contributed by atoms with E-state index in [0.29, 0.717) is 6.54 Å². The molecule has 0 fully saturated rings. The second-order valence-electron chi connectivity index (χ2n) is 5.36. The highest BCUT2D eigenvalue weighted by atomic mass is 16.5. The van der Waals surface area contributed by atoms with Gasteiger partial charge in [-0.1, -0.05) is 30.3 Å². The molecule has 0 amide bonds. The van der Waals surface area contributed by atoms with Crippen LogP contribution >= 0.6 is 0 Å². The van der Waals surface area contributed by atoms with E-state index in [1.807, 2.05) is 49.1 Å². The molecule has 0 saturated carbocycles. The lowest BCUT2D eigenvalue weighted by molar-refractivity contribution is -0.138. The van der Waals surface area contributed by atoms with Gasteiger partial charge in [-0.05, 0) is 30.7 Å². The summed E-state index contributed by atoms with van der Waals surface area (Å²) in [4.78, 5) is 13.0. The van der Waals surface area contributed by atoms with Crippen molar-refractivity contribution in [3.05, 3.63) is 42.0 Å². The van der Waals surface area contributed by atoms with Crippen LogP contribution in [0.5, 0.6) is 5.75 Å². The summed E-state index contributed by atoms with van der Waals surface area (Å²) in [6.45, 7) is 4.57. The van der Waals surface area contributed by atoms with Gasteiger partial charge in [-0.15, -0.1) is 0 Å². The Morgan fingerprint density at radius 2 is 1.95 bits per heavy atom. The van der Waals surface area contributed by atoms with Crippen molar-refractivity contribution in [3.63, 3.8) is 0 Å². The summed E-state index contributed by atoms with van der Waals surface area (Å²) >= 11 is 0. The van der Waals surface area contributed by atoms with E-state index < -0.39 is 5.97 Å². The van der Waals surface area contributed by atoms with Gasteiger partial charge in [0.25, 0.3) is 0 Å². The number of fused-ring (bicyclic) bond motifs is 1. The Morgan fingerprint density at radius 3 is 2.57 bits per heavy atom. The van der Waals surface area contributed by atoms with Gasteiger partial charge in [0.05, 0.1) is 13.7 Å². The Balaban J connectivity index is 2.45. The zero-order valence-electron chi connectivity index (χ0n) is 12.7. The molecule has 2 aromatic carbocycles. The van der Waals surface area contributed by atoms with Gasteiger partial charge in [-0.2, -0.15) is 0 Å². The minimum atomic E-state index is -0.817. The zero-order valence-corrected chi connectivity index (χ0v) is 12.7. The molecule has 0 aliphatic rings. The van der Waals surface area contributed by atoms with Crippen molar-refractivity contribution in [1.29, 1.82) is 0 Å². The van der Waals surface area contributed by atoms with Crippen molar-refractivity contribution in [1.82, 2.24) is 4.90 Å². The lowest BCUT2D eigenvalue weighted by Gasteiger charge is -2.26. The fourth-order valence-electron chi connectivity index (χ4n) is 2.47. The standard InChI is InChI=1S/C17H21NO3/c1-12(2)18(11-17(19)20)10-15-14-7-5-4-6-13(14)8-9-16(15)21-3/h4-9,12H,10-11H2,1-3H3,(H,19,20). The number of hydrogen-bond donors (Lipinski definition) is 1. The number of hydrogen-bond acceptors (Lipinski definition) is 3. The summed E-state index contributed by atoms with van der Waals surface area (Å²) in [5.74, 6) is -0.0207. The van der Waals surface area contributed by atoms with Crippen molar-refractivity contribution in [2.24, 2.45) is 0 Å². The van der Waals surface area contributed by atoms with Crippen LogP contribution in [-0.2, 0) is 11.3 Å². The van der Waals surface area contributed by atoms with Gasteiger partial charge in [0.1, 0.15) is 5.75 Å². The summed E-state index contributed by atoms with van der Waals surface area (Å²) in [7, 11) is 1.64. The van der Waals surface area contributed by atoms with E-state index in [1.165, 1.54) is 0 Å². The molecular formula is C17H21NO3. The minimum absolute atomic E-state index is 0.0179. The molecule has 0 aromatic heterocycles. The fraction of sp³-hybridized carbons (Fsp3) is 0.353. The summed E-state index contributed by atoms with van der Waals surface area (Å²) in [6.07, 6.45) is 0. The van der Waals surface area contributed by atoms with E-state index >= 15 is 0 Å². The van der Waals surface area contributed by atoms with E-state index in [0.717, 1.165) is 22.1 Å². The topological polar surface area (TPSA) is 49.8 Å². The molecule has 0 atom stereocenters. The van der Waals surface area contributed by atoms with E-state index in [9.17, 15) is 4.79 Å². The van der Waals surface area contributed by atoms with Crippen molar-refractivity contribution in [3.8, 4) is 5.75 Å². The number of benzene rings is 2. The van der Waals surface area contributed by atoms with Crippen LogP contribution in [0, 0.1) is 0 Å². The summed E-state index contributed by atoms with van der Waals surface area (Å²) in [5.41, 5.74) is 1.03. The van der Waals surface area contributed by atoms with Crippen LogP contribution in [-0.4, -0.2) is 35.7 Å².